The highest BCUT2D eigenvalue weighted by Crippen LogP contribution is 2.07. The largest absolute Gasteiger partial charge is 0.349 e. The Bertz CT molecular complexity index is 505. The lowest BCUT2D eigenvalue weighted by Gasteiger charge is -2.00. The lowest BCUT2D eigenvalue weighted by atomic mass is 10.2. The van der Waals surface area contributed by atoms with E-state index in [4.69, 9.17) is 0 Å². The first-order valence-corrected chi connectivity index (χ1v) is 6.63. The van der Waals surface area contributed by atoms with Crippen LogP contribution in [0.5, 0.6) is 0 Å². The molecule has 0 saturated heterocycles. The summed E-state index contributed by atoms with van der Waals surface area (Å²) in [6.45, 7) is 4.52. The Hall–Kier alpha value is -1.76. The van der Waals surface area contributed by atoms with Crippen LogP contribution in [0.4, 0.5) is 0 Å². The Morgan fingerprint density at radius 2 is 2.39 bits per heavy atom. The van der Waals surface area contributed by atoms with E-state index in [1.807, 2.05) is 19.2 Å². The fourth-order valence-corrected chi connectivity index (χ4v) is 1.99. The van der Waals surface area contributed by atoms with Gasteiger partial charge in [0.25, 0.3) is 5.91 Å². The number of hydrogen-bond donors (Lipinski definition) is 2. The molecule has 0 aliphatic heterocycles. The summed E-state index contributed by atoms with van der Waals surface area (Å²) in [5.74, 6) is 0.891. The van der Waals surface area contributed by atoms with E-state index >= 15 is 0 Å². The molecule has 2 aromatic heterocycles. The smallest absolute Gasteiger partial charge is 0.290 e. The number of hydrogen-bond acceptors (Lipinski definition) is 5. The van der Waals surface area contributed by atoms with E-state index in [9.17, 15) is 4.79 Å². The second-order valence-corrected chi connectivity index (χ2v) is 5.11. The molecule has 1 amide bonds. The summed E-state index contributed by atoms with van der Waals surface area (Å²) in [7, 11) is 0. The number of nitrogens with one attached hydrogen (secondary N) is 2. The van der Waals surface area contributed by atoms with E-state index in [1.54, 1.807) is 17.5 Å². The van der Waals surface area contributed by atoms with Crippen LogP contribution in [-0.2, 0) is 6.42 Å². The van der Waals surface area contributed by atoms with Gasteiger partial charge >= 0.3 is 0 Å². The van der Waals surface area contributed by atoms with Crippen LogP contribution in [0.3, 0.4) is 0 Å². The highest BCUT2D eigenvalue weighted by atomic mass is 32.1. The molecule has 0 radical (unpaired) electrons. The van der Waals surface area contributed by atoms with E-state index in [-0.39, 0.29) is 17.6 Å². The van der Waals surface area contributed by atoms with Crippen LogP contribution in [-0.4, -0.2) is 32.6 Å². The molecule has 6 nitrogen and oxygen atoms in total. The van der Waals surface area contributed by atoms with Crippen LogP contribution in [0.2, 0.25) is 0 Å². The number of H-pyrrole nitrogens is 1. The summed E-state index contributed by atoms with van der Waals surface area (Å²) in [5, 5.41) is 12.3. The van der Waals surface area contributed by atoms with E-state index in [0.29, 0.717) is 6.54 Å². The molecule has 0 aromatic carbocycles. The maximum absolute atomic E-state index is 11.7. The molecule has 2 heterocycles. The molecule has 0 spiro atoms. The molecule has 0 atom stereocenters. The van der Waals surface area contributed by atoms with Crippen molar-refractivity contribution in [1.82, 2.24) is 25.5 Å². The van der Waals surface area contributed by atoms with Gasteiger partial charge in [0.1, 0.15) is 5.82 Å². The van der Waals surface area contributed by atoms with Gasteiger partial charge in [-0.1, -0.05) is 13.8 Å². The topological polar surface area (TPSA) is 83.6 Å². The van der Waals surface area contributed by atoms with Crippen LogP contribution < -0.4 is 5.32 Å². The normalized spacial score (nSPS) is 10.8. The Morgan fingerprint density at radius 3 is 3.00 bits per heavy atom. The number of rotatable bonds is 5. The van der Waals surface area contributed by atoms with Gasteiger partial charge in [0, 0.05) is 30.5 Å². The molecule has 96 valence electrons. The minimum Gasteiger partial charge on any atom is -0.349 e. The predicted molar refractivity (Wildman–Crippen MR) is 68.6 cm³/mol. The van der Waals surface area contributed by atoms with Crippen LogP contribution in [0.25, 0.3) is 0 Å². The number of carbonyl (C=O) groups excluding carboxylic acids is 1. The first-order valence-electron chi connectivity index (χ1n) is 5.75. The summed E-state index contributed by atoms with van der Waals surface area (Å²) in [4.78, 5) is 20.0. The Balaban J connectivity index is 1.83. The molecule has 7 heteroatoms. The van der Waals surface area contributed by atoms with E-state index in [1.165, 1.54) is 0 Å². The highest BCUT2D eigenvalue weighted by Gasteiger charge is 2.13. The molecular formula is C11H15N5OS. The van der Waals surface area contributed by atoms with Crippen molar-refractivity contribution in [2.24, 2.45) is 0 Å². The summed E-state index contributed by atoms with van der Waals surface area (Å²) in [6, 6.07) is 0. The van der Waals surface area contributed by atoms with Crippen molar-refractivity contribution in [2.45, 2.75) is 26.2 Å². The number of carbonyl (C=O) groups is 1. The first kappa shape index (κ1) is 12.7. The van der Waals surface area contributed by atoms with Crippen molar-refractivity contribution >= 4 is 17.2 Å². The average Bonchev–Trinajstić information content (AvgIpc) is 2.99. The Morgan fingerprint density at radius 1 is 1.56 bits per heavy atom. The molecule has 2 rings (SSSR count). The van der Waals surface area contributed by atoms with Crippen LogP contribution in [0.1, 0.15) is 41.2 Å². The quantitative estimate of drug-likeness (QED) is 0.855. The molecule has 0 saturated carbocycles. The average molecular weight is 265 g/mol. The van der Waals surface area contributed by atoms with E-state index in [0.717, 1.165) is 17.3 Å². The van der Waals surface area contributed by atoms with Crippen molar-refractivity contribution in [1.29, 1.82) is 0 Å². The monoisotopic (exact) mass is 265 g/mol. The van der Waals surface area contributed by atoms with Crippen molar-refractivity contribution in [3.63, 3.8) is 0 Å². The zero-order valence-corrected chi connectivity index (χ0v) is 11.1. The SMILES string of the molecule is CC(C)c1nc(C(=O)NCCc2nccs2)n[nH]1. The molecule has 0 aliphatic carbocycles. The third-order valence-electron chi connectivity index (χ3n) is 2.36. The van der Waals surface area contributed by atoms with Crippen LogP contribution >= 0.6 is 11.3 Å². The molecule has 0 fully saturated rings. The van der Waals surface area contributed by atoms with Crippen molar-refractivity contribution < 1.29 is 4.79 Å². The number of thiazole rings is 1. The third kappa shape index (κ3) is 3.13. The summed E-state index contributed by atoms with van der Waals surface area (Å²) >= 11 is 1.58. The Kier molecular flexibility index (Phi) is 4.03. The molecule has 18 heavy (non-hydrogen) atoms. The number of amides is 1. The fourth-order valence-electron chi connectivity index (χ4n) is 1.37. The van der Waals surface area contributed by atoms with Crippen molar-refractivity contribution in [3.05, 3.63) is 28.2 Å². The minimum atomic E-state index is -0.255. The maximum Gasteiger partial charge on any atom is 0.290 e. The van der Waals surface area contributed by atoms with Gasteiger partial charge in [0.15, 0.2) is 0 Å². The maximum atomic E-state index is 11.7. The molecule has 0 aliphatic rings. The summed E-state index contributed by atoms with van der Waals surface area (Å²) in [6.07, 6.45) is 2.48. The lowest BCUT2D eigenvalue weighted by molar-refractivity contribution is 0.0944. The van der Waals surface area contributed by atoms with Gasteiger partial charge in [-0.25, -0.2) is 9.97 Å². The number of aromatic nitrogens is 4. The molecule has 2 aromatic rings. The van der Waals surface area contributed by atoms with Crippen molar-refractivity contribution in [2.75, 3.05) is 6.54 Å². The lowest BCUT2D eigenvalue weighted by Crippen LogP contribution is -2.26. The number of nitrogens with zero attached hydrogens (tertiary/aromatic N) is 3. The van der Waals surface area contributed by atoms with Crippen LogP contribution in [0.15, 0.2) is 11.6 Å². The zero-order valence-electron chi connectivity index (χ0n) is 10.3. The summed E-state index contributed by atoms with van der Waals surface area (Å²) < 4.78 is 0. The second-order valence-electron chi connectivity index (χ2n) is 4.13. The predicted octanol–water partition coefficient (Wildman–Crippen LogP) is 1.36. The van der Waals surface area contributed by atoms with Gasteiger partial charge in [-0.2, -0.15) is 0 Å². The number of aromatic amines is 1. The van der Waals surface area contributed by atoms with Gasteiger partial charge in [-0.15, -0.1) is 16.4 Å². The molecule has 2 N–H and O–H groups in total. The highest BCUT2D eigenvalue weighted by molar-refractivity contribution is 7.09. The molecule has 0 bridgehead atoms. The summed E-state index contributed by atoms with van der Waals surface area (Å²) in [5.41, 5.74) is 0. The van der Waals surface area contributed by atoms with Gasteiger partial charge in [-0.05, 0) is 0 Å². The van der Waals surface area contributed by atoms with E-state index < -0.39 is 0 Å². The third-order valence-corrected chi connectivity index (χ3v) is 3.20. The standard InChI is InChI=1S/C11H15N5OS/c1-7(2)9-14-10(16-15-9)11(17)13-4-3-8-12-5-6-18-8/h5-7H,3-4H2,1-2H3,(H,13,17)(H,14,15,16). The van der Waals surface area contributed by atoms with Gasteiger partial charge in [0.2, 0.25) is 5.82 Å². The zero-order chi connectivity index (χ0) is 13.0. The van der Waals surface area contributed by atoms with Crippen LogP contribution in [0, 0.1) is 0 Å². The van der Waals surface area contributed by atoms with Gasteiger partial charge < -0.3 is 5.32 Å². The van der Waals surface area contributed by atoms with Gasteiger partial charge in [0.05, 0.1) is 5.01 Å². The molecular weight excluding hydrogens is 250 g/mol. The first-order chi connectivity index (χ1) is 8.66. The second kappa shape index (κ2) is 5.72. The van der Waals surface area contributed by atoms with Crippen molar-refractivity contribution in [3.8, 4) is 0 Å². The Labute approximate surface area is 109 Å². The van der Waals surface area contributed by atoms with Gasteiger partial charge in [-0.3, -0.25) is 9.89 Å². The molecule has 0 unspecified atom stereocenters. The fraction of sp³-hybridized carbons (Fsp3) is 0.455. The minimum absolute atomic E-state index is 0.192. The van der Waals surface area contributed by atoms with E-state index in [2.05, 4.69) is 25.5 Å².